The molecule has 2 aliphatic rings. The van der Waals surface area contributed by atoms with Gasteiger partial charge in [0.05, 0.1) is 4.91 Å². The molecule has 2 fully saturated rings. The molecule has 1 heterocycles. The van der Waals surface area contributed by atoms with Crippen LogP contribution in [-0.2, 0) is 9.59 Å². The largest absolute Gasteiger partial charge is 0.435 e. The lowest BCUT2D eigenvalue weighted by Gasteiger charge is -2.14. The molecular formula is C20H22F2N2O4S. The van der Waals surface area contributed by atoms with E-state index in [0.717, 1.165) is 29.5 Å². The zero-order valence-electron chi connectivity index (χ0n) is 15.7. The number of rotatable bonds is 8. The fraction of sp³-hybridized carbons (Fsp3) is 0.450. The maximum Gasteiger partial charge on any atom is 0.387 e. The van der Waals surface area contributed by atoms with Crippen LogP contribution < -0.4 is 10.1 Å². The second-order valence-electron chi connectivity index (χ2n) is 6.99. The summed E-state index contributed by atoms with van der Waals surface area (Å²) in [6.07, 6.45) is 6.52. The van der Waals surface area contributed by atoms with Crippen molar-refractivity contribution in [1.29, 1.82) is 0 Å². The zero-order valence-corrected chi connectivity index (χ0v) is 16.6. The summed E-state index contributed by atoms with van der Waals surface area (Å²) < 4.78 is 28.7. The Morgan fingerprint density at radius 2 is 1.93 bits per heavy atom. The minimum absolute atomic E-state index is 0.0126. The van der Waals surface area contributed by atoms with Crippen molar-refractivity contribution in [3.8, 4) is 5.75 Å². The molecular weight excluding hydrogens is 402 g/mol. The topological polar surface area (TPSA) is 75.7 Å². The van der Waals surface area contributed by atoms with Crippen molar-refractivity contribution in [2.24, 2.45) is 5.92 Å². The van der Waals surface area contributed by atoms with Crippen molar-refractivity contribution in [1.82, 2.24) is 10.2 Å². The van der Waals surface area contributed by atoms with E-state index >= 15 is 0 Å². The lowest BCUT2D eigenvalue weighted by Crippen LogP contribution is -2.37. The fourth-order valence-corrected chi connectivity index (χ4v) is 4.31. The first-order valence-corrected chi connectivity index (χ1v) is 10.3. The highest BCUT2D eigenvalue weighted by atomic mass is 32.2. The molecule has 0 atom stereocenters. The predicted octanol–water partition coefficient (Wildman–Crippen LogP) is 4.02. The molecule has 1 saturated carbocycles. The third-order valence-electron chi connectivity index (χ3n) is 4.88. The first-order chi connectivity index (χ1) is 13.9. The minimum atomic E-state index is -2.91. The fourth-order valence-electron chi connectivity index (χ4n) is 3.45. The van der Waals surface area contributed by atoms with Gasteiger partial charge < -0.3 is 10.1 Å². The molecule has 0 unspecified atom stereocenters. The minimum Gasteiger partial charge on any atom is -0.435 e. The number of carbonyl (C=O) groups is 3. The number of alkyl halides is 2. The summed E-state index contributed by atoms with van der Waals surface area (Å²) in [5.41, 5.74) is 0.585. The highest BCUT2D eigenvalue weighted by Gasteiger charge is 2.34. The second kappa shape index (κ2) is 9.87. The van der Waals surface area contributed by atoms with Crippen LogP contribution in [-0.4, -0.2) is 41.7 Å². The van der Waals surface area contributed by atoms with Crippen LogP contribution in [0.4, 0.5) is 13.6 Å². The molecule has 0 spiro atoms. The van der Waals surface area contributed by atoms with Crippen molar-refractivity contribution in [2.45, 2.75) is 38.7 Å². The Bertz CT molecular complexity index is 792. The Morgan fingerprint density at radius 3 is 2.59 bits per heavy atom. The van der Waals surface area contributed by atoms with Gasteiger partial charge >= 0.3 is 6.61 Å². The third-order valence-corrected chi connectivity index (χ3v) is 5.79. The summed E-state index contributed by atoms with van der Waals surface area (Å²) in [6, 6.07) is 5.77. The number of imide groups is 1. The molecule has 1 aliphatic carbocycles. The van der Waals surface area contributed by atoms with Crippen LogP contribution in [0.1, 0.15) is 37.7 Å². The number of hydrogen-bond acceptors (Lipinski definition) is 5. The molecule has 156 valence electrons. The smallest absolute Gasteiger partial charge is 0.387 e. The second-order valence-corrected chi connectivity index (χ2v) is 7.98. The van der Waals surface area contributed by atoms with Crippen molar-refractivity contribution in [2.75, 3.05) is 13.1 Å². The SMILES string of the molecule is O=C(CC1CCCC1)NCCN1C(=O)S/C(=C\c2ccc(OC(F)F)cc2)C1=O. The molecule has 9 heteroatoms. The number of nitrogens with zero attached hydrogens (tertiary/aromatic N) is 1. The number of hydrogen-bond donors (Lipinski definition) is 1. The Balaban J connectivity index is 1.50. The van der Waals surface area contributed by atoms with Crippen LogP contribution in [0.5, 0.6) is 5.75 Å². The molecule has 3 rings (SSSR count). The molecule has 0 aromatic heterocycles. The predicted molar refractivity (Wildman–Crippen MR) is 105 cm³/mol. The van der Waals surface area contributed by atoms with Gasteiger partial charge in [0.15, 0.2) is 0 Å². The van der Waals surface area contributed by atoms with Crippen LogP contribution in [0.15, 0.2) is 29.2 Å². The molecule has 1 aromatic carbocycles. The average molecular weight is 424 g/mol. The monoisotopic (exact) mass is 424 g/mol. The average Bonchev–Trinajstić information content (AvgIpc) is 3.26. The van der Waals surface area contributed by atoms with Gasteiger partial charge in [0, 0.05) is 19.5 Å². The number of ether oxygens (including phenoxy) is 1. The summed E-state index contributed by atoms with van der Waals surface area (Å²) >= 11 is 0.811. The van der Waals surface area contributed by atoms with Crippen molar-refractivity contribution < 1.29 is 27.9 Å². The number of carbonyl (C=O) groups excluding carboxylic acids is 3. The third kappa shape index (κ3) is 6.03. The van der Waals surface area contributed by atoms with Crippen molar-refractivity contribution in [3.05, 3.63) is 34.7 Å². The zero-order chi connectivity index (χ0) is 20.8. The van der Waals surface area contributed by atoms with Crippen molar-refractivity contribution in [3.63, 3.8) is 0 Å². The summed E-state index contributed by atoms with van der Waals surface area (Å²) in [6.45, 7) is -2.58. The molecule has 0 bridgehead atoms. The molecule has 0 radical (unpaired) electrons. The summed E-state index contributed by atoms with van der Waals surface area (Å²) in [5.74, 6) is -0.0327. The number of nitrogens with one attached hydrogen (secondary N) is 1. The Kier molecular flexibility index (Phi) is 7.24. The quantitative estimate of drug-likeness (QED) is 0.638. The Labute approximate surface area is 171 Å². The highest BCUT2D eigenvalue weighted by Crippen LogP contribution is 2.32. The van der Waals surface area contributed by atoms with Gasteiger partial charge in [-0.25, -0.2) is 0 Å². The molecule has 3 amide bonds. The number of benzene rings is 1. The molecule has 1 aliphatic heterocycles. The van der Waals surface area contributed by atoms with Crippen LogP contribution in [0.2, 0.25) is 0 Å². The van der Waals surface area contributed by atoms with E-state index < -0.39 is 17.8 Å². The first kappa shape index (κ1) is 21.3. The number of halogens is 2. The van der Waals surface area contributed by atoms with Crippen LogP contribution in [0, 0.1) is 5.92 Å². The first-order valence-electron chi connectivity index (χ1n) is 9.49. The van der Waals surface area contributed by atoms with Gasteiger partial charge in [0.1, 0.15) is 5.75 Å². The van der Waals surface area contributed by atoms with E-state index in [-0.39, 0.29) is 29.7 Å². The Morgan fingerprint density at radius 1 is 1.24 bits per heavy atom. The highest BCUT2D eigenvalue weighted by molar-refractivity contribution is 8.18. The van der Waals surface area contributed by atoms with Gasteiger partial charge in [0.2, 0.25) is 5.91 Å². The van der Waals surface area contributed by atoms with Gasteiger partial charge in [-0.05, 0) is 54.3 Å². The van der Waals surface area contributed by atoms with Gasteiger partial charge in [-0.2, -0.15) is 8.78 Å². The number of thioether (sulfide) groups is 1. The number of amides is 3. The molecule has 1 aromatic rings. The Hall–Kier alpha value is -2.42. The van der Waals surface area contributed by atoms with Gasteiger partial charge in [0.25, 0.3) is 11.1 Å². The maximum atomic E-state index is 12.5. The van der Waals surface area contributed by atoms with Crippen LogP contribution >= 0.6 is 11.8 Å². The summed E-state index contributed by atoms with van der Waals surface area (Å²) in [7, 11) is 0. The van der Waals surface area contributed by atoms with Gasteiger partial charge in [-0.3, -0.25) is 19.3 Å². The van der Waals surface area contributed by atoms with E-state index in [1.165, 1.54) is 43.2 Å². The van der Waals surface area contributed by atoms with E-state index in [4.69, 9.17) is 0 Å². The van der Waals surface area contributed by atoms with E-state index in [1.54, 1.807) is 0 Å². The summed E-state index contributed by atoms with van der Waals surface area (Å²) in [4.78, 5) is 37.9. The maximum absolute atomic E-state index is 12.5. The van der Waals surface area contributed by atoms with E-state index in [0.29, 0.717) is 17.9 Å². The molecule has 1 N–H and O–H groups in total. The van der Waals surface area contributed by atoms with Crippen LogP contribution in [0.25, 0.3) is 6.08 Å². The van der Waals surface area contributed by atoms with E-state index in [1.807, 2.05) is 0 Å². The standard InChI is InChI=1S/C20H22F2N2O4S/c21-19(22)28-15-7-5-14(6-8-15)11-16-18(26)24(20(27)29-16)10-9-23-17(25)12-13-3-1-2-4-13/h5-8,11,13,19H,1-4,9-10,12H2,(H,23,25)/b16-11-. The lowest BCUT2D eigenvalue weighted by molar-refractivity contribution is -0.124. The van der Waals surface area contributed by atoms with Crippen molar-refractivity contribution >= 4 is 34.9 Å². The van der Waals surface area contributed by atoms with Gasteiger partial charge in [-0.15, -0.1) is 0 Å². The van der Waals surface area contributed by atoms with E-state index in [9.17, 15) is 23.2 Å². The van der Waals surface area contributed by atoms with Crippen LogP contribution in [0.3, 0.4) is 0 Å². The molecule has 29 heavy (non-hydrogen) atoms. The van der Waals surface area contributed by atoms with Gasteiger partial charge in [-0.1, -0.05) is 25.0 Å². The lowest BCUT2D eigenvalue weighted by atomic mass is 10.0. The normalized spacial score (nSPS) is 18.9. The molecule has 6 nitrogen and oxygen atoms in total. The molecule has 1 saturated heterocycles. The summed E-state index contributed by atoms with van der Waals surface area (Å²) in [5, 5.41) is 2.38. The van der Waals surface area contributed by atoms with E-state index in [2.05, 4.69) is 10.1 Å².